The van der Waals surface area contributed by atoms with Gasteiger partial charge in [-0.05, 0) is 42.4 Å². The molecule has 2 fully saturated rings. The molecule has 0 spiro atoms. The third-order valence-corrected chi connectivity index (χ3v) is 4.08. The minimum Gasteiger partial charge on any atom is -0.0622 e. The Morgan fingerprint density at radius 2 is 2.10 bits per heavy atom. The molecule has 0 aromatic carbocycles. The van der Waals surface area contributed by atoms with E-state index in [9.17, 15) is 0 Å². The molecule has 3 atom stereocenters. The summed E-state index contributed by atoms with van der Waals surface area (Å²) in [5.74, 6) is 3.11. The molecule has 0 bridgehead atoms. The molecule has 0 amide bonds. The highest BCUT2D eigenvalue weighted by Gasteiger charge is 2.61. The van der Waals surface area contributed by atoms with Crippen LogP contribution in [0.5, 0.6) is 0 Å². The van der Waals surface area contributed by atoms with E-state index in [0.29, 0.717) is 0 Å². The Labute approximate surface area is 64.0 Å². The summed E-state index contributed by atoms with van der Waals surface area (Å²) in [5, 5.41) is 0. The van der Waals surface area contributed by atoms with Gasteiger partial charge in [-0.15, -0.1) is 0 Å². The van der Waals surface area contributed by atoms with Crippen LogP contribution in [0.25, 0.3) is 0 Å². The molecule has 0 aromatic rings. The fraction of sp³-hybridized carbons (Fsp3) is 1.00. The second kappa shape index (κ2) is 1.78. The average Bonchev–Trinajstić information content (AvgIpc) is 2.52. The van der Waals surface area contributed by atoms with Crippen molar-refractivity contribution < 1.29 is 0 Å². The molecule has 2 saturated carbocycles. The lowest BCUT2D eigenvalue weighted by Crippen LogP contribution is -2.07. The van der Waals surface area contributed by atoms with Gasteiger partial charge >= 0.3 is 0 Å². The van der Waals surface area contributed by atoms with Crippen molar-refractivity contribution in [1.29, 1.82) is 0 Å². The predicted octanol–water partition coefficient (Wildman–Crippen LogP) is 3.08. The molecular weight excluding hydrogens is 120 g/mol. The average molecular weight is 138 g/mol. The largest absolute Gasteiger partial charge is 0.0622 e. The standard InChI is InChI=1S/C10H18/c1-7(2)10-5-4-8(3)9(10)6-10/h7-9H,4-6H2,1-3H3/t8-,9-,10+/m1/s1. The van der Waals surface area contributed by atoms with Crippen LogP contribution in [0.4, 0.5) is 0 Å². The first-order valence-corrected chi connectivity index (χ1v) is 4.67. The lowest BCUT2D eigenvalue weighted by molar-refractivity contribution is 0.342. The topological polar surface area (TPSA) is 0 Å². The maximum Gasteiger partial charge on any atom is -0.0240 e. The van der Waals surface area contributed by atoms with Crippen molar-refractivity contribution in [1.82, 2.24) is 0 Å². The van der Waals surface area contributed by atoms with E-state index in [0.717, 1.165) is 23.2 Å². The van der Waals surface area contributed by atoms with Gasteiger partial charge < -0.3 is 0 Å². The smallest absolute Gasteiger partial charge is 0.0240 e. The molecule has 0 unspecified atom stereocenters. The summed E-state index contributed by atoms with van der Waals surface area (Å²) in [7, 11) is 0. The van der Waals surface area contributed by atoms with Crippen LogP contribution in [0.15, 0.2) is 0 Å². The normalized spacial score (nSPS) is 51.6. The maximum atomic E-state index is 2.43. The van der Waals surface area contributed by atoms with Crippen molar-refractivity contribution >= 4 is 0 Å². The van der Waals surface area contributed by atoms with Gasteiger partial charge in [0.15, 0.2) is 0 Å². The molecule has 0 aromatic heterocycles. The van der Waals surface area contributed by atoms with Gasteiger partial charge in [0, 0.05) is 0 Å². The van der Waals surface area contributed by atoms with Crippen LogP contribution < -0.4 is 0 Å². The molecule has 58 valence electrons. The third-order valence-electron chi connectivity index (χ3n) is 4.08. The van der Waals surface area contributed by atoms with E-state index in [1.165, 1.54) is 12.8 Å². The van der Waals surface area contributed by atoms with Crippen LogP contribution in [0.1, 0.15) is 40.0 Å². The Morgan fingerprint density at radius 3 is 2.30 bits per heavy atom. The zero-order valence-corrected chi connectivity index (χ0v) is 7.35. The molecule has 0 heterocycles. The Balaban J connectivity index is 2.11. The Kier molecular flexibility index (Phi) is 1.19. The molecule has 0 N–H and O–H groups in total. The van der Waals surface area contributed by atoms with E-state index < -0.39 is 0 Å². The number of hydrogen-bond donors (Lipinski definition) is 0. The van der Waals surface area contributed by atoms with E-state index in [1.54, 1.807) is 6.42 Å². The molecule has 0 heteroatoms. The van der Waals surface area contributed by atoms with Crippen LogP contribution in [0.2, 0.25) is 0 Å². The summed E-state index contributed by atoms with van der Waals surface area (Å²) in [6.07, 6.45) is 4.57. The fourth-order valence-corrected chi connectivity index (χ4v) is 3.06. The SMILES string of the molecule is CC(C)[C@@]12CC[C@@H](C)[C@H]1C2. The lowest BCUT2D eigenvalue weighted by Gasteiger charge is -2.15. The molecule has 2 aliphatic rings. The minimum atomic E-state index is 0.833. The Bertz CT molecular complexity index is 148. The highest BCUT2D eigenvalue weighted by atomic mass is 14.7. The van der Waals surface area contributed by atoms with Gasteiger partial charge in [0.2, 0.25) is 0 Å². The van der Waals surface area contributed by atoms with Gasteiger partial charge in [-0.1, -0.05) is 20.8 Å². The van der Waals surface area contributed by atoms with Crippen molar-refractivity contribution in [3.05, 3.63) is 0 Å². The van der Waals surface area contributed by atoms with Crippen molar-refractivity contribution in [3.63, 3.8) is 0 Å². The summed E-state index contributed by atoms with van der Waals surface area (Å²) >= 11 is 0. The van der Waals surface area contributed by atoms with Gasteiger partial charge in [0.05, 0.1) is 0 Å². The van der Waals surface area contributed by atoms with Crippen molar-refractivity contribution in [3.8, 4) is 0 Å². The van der Waals surface area contributed by atoms with Gasteiger partial charge in [-0.2, -0.15) is 0 Å². The molecule has 0 saturated heterocycles. The van der Waals surface area contributed by atoms with Crippen LogP contribution >= 0.6 is 0 Å². The quantitative estimate of drug-likeness (QED) is 0.522. The van der Waals surface area contributed by atoms with E-state index in [4.69, 9.17) is 0 Å². The Morgan fingerprint density at radius 1 is 1.40 bits per heavy atom. The first-order valence-electron chi connectivity index (χ1n) is 4.67. The zero-order valence-electron chi connectivity index (χ0n) is 7.35. The summed E-state index contributed by atoms with van der Waals surface area (Å²) in [6.45, 7) is 7.23. The van der Waals surface area contributed by atoms with Crippen molar-refractivity contribution in [2.45, 2.75) is 40.0 Å². The van der Waals surface area contributed by atoms with Gasteiger partial charge in [-0.3, -0.25) is 0 Å². The first kappa shape index (κ1) is 6.69. The summed E-state index contributed by atoms with van der Waals surface area (Å²) in [5.41, 5.74) is 0.833. The van der Waals surface area contributed by atoms with E-state index in [2.05, 4.69) is 20.8 Å². The second-order valence-corrected chi connectivity index (χ2v) is 4.71. The molecule has 2 aliphatic carbocycles. The predicted molar refractivity (Wildman–Crippen MR) is 43.8 cm³/mol. The van der Waals surface area contributed by atoms with Gasteiger partial charge in [-0.25, -0.2) is 0 Å². The van der Waals surface area contributed by atoms with E-state index in [1.807, 2.05) is 0 Å². The lowest BCUT2D eigenvalue weighted by atomic mass is 9.90. The Hall–Kier alpha value is 0. The van der Waals surface area contributed by atoms with Crippen molar-refractivity contribution in [2.75, 3.05) is 0 Å². The fourth-order valence-electron chi connectivity index (χ4n) is 3.06. The van der Waals surface area contributed by atoms with E-state index >= 15 is 0 Å². The highest BCUT2D eigenvalue weighted by molar-refractivity contribution is 5.10. The number of fused-ring (bicyclic) bond motifs is 1. The molecule has 0 nitrogen and oxygen atoms in total. The summed E-state index contributed by atoms with van der Waals surface area (Å²) in [4.78, 5) is 0. The van der Waals surface area contributed by atoms with Crippen LogP contribution in [-0.4, -0.2) is 0 Å². The molecule has 0 radical (unpaired) electrons. The monoisotopic (exact) mass is 138 g/mol. The summed E-state index contributed by atoms with van der Waals surface area (Å²) < 4.78 is 0. The summed E-state index contributed by atoms with van der Waals surface area (Å²) in [6, 6.07) is 0. The van der Waals surface area contributed by atoms with Crippen LogP contribution in [0.3, 0.4) is 0 Å². The minimum absolute atomic E-state index is 0.833. The second-order valence-electron chi connectivity index (χ2n) is 4.71. The van der Waals surface area contributed by atoms with Crippen LogP contribution in [-0.2, 0) is 0 Å². The molecule has 2 rings (SSSR count). The molecular formula is C10H18. The number of rotatable bonds is 1. The molecule has 10 heavy (non-hydrogen) atoms. The highest BCUT2D eigenvalue weighted by Crippen LogP contribution is 2.69. The van der Waals surface area contributed by atoms with Crippen molar-refractivity contribution in [2.24, 2.45) is 23.2 Å². The van der Waals surface area contributed by atoms with Gasteiger partial charge in [0.25, 0.3) is 0 Å². The van der Waals surface area contributed by atoms with Gasteiger partial charge in [0.1, 0.15) is 0 Å². The zero-order chi connectivity index (χ0) is 7.35. The number of hydrogen-bond acceptors (Lipinski definition) is 0. The molecule has 0 aliphatic heterocycles. The van der Waals surface area contributed by atoms with E-state index in [-0.39, 0.29) is 0 Å². The third kappa shape index (κ3) is 0.627. The van der Waals surface area contributed by atoms with Crippen LogP contribution in [0, 0.1) is 23.2 Å². The maximum absolute atomic E-state index is 2.43. The first-order chi connectivity index (χ1) is 4.67.